The van der Waals surface area contributed by atoms with Crippen molar-refractivity contribution in [3.8, 4) is 11.1 Å². The van der Waals surface area contributed by atoms with Crippen LogP contribution in [0.3, 0.4) is 0 Å². The molecule has 2 aromatic carbocycles. The molecule has 0 bridgehead atoms. The van der Waals surface area contributed by atoms with Crippen LogP contribution in [0.1, 0.15) is 30.0 Å². The fraction of sp³-hybridized carbons (Fsp3) is 0.250. The Hall–Kier alpha value is -3.15. The van der Waals surface area contributed by atoms with Gasteiger partial charge in [0.1, 0.15) is 12.3 Å². The average molecular weight is 353 g/mol. The molecule has 1 aliphatic carbocycles. The first-order valence-electron chi connectivity index (χ1n) is 8.31. The fourth-order valence-electron chi connectivity index (χ4n) is 3.55. The zero-order valence-electron chi connectivity index (χ0n) is 14.3. The molecule has 2 aromatic rings. The maximum atomic E-state index is 12.6. The molecular formula is C20H19NO5. The summed E-state index contributed by atoms with van der Waals surface area (Å²) in [7, 11) is 1.22. The summed E-state index contributed by atoms with van der Waals surface area (Å²) in [5, 5.41) is 9.71. The number of benzene rings is 2. The topological polar surface area (TPSA) is 83.9 Å². The third kappa shape index (κ3) is 2.94. The molecule has 0 saturated carbocycles. The number of fused-ring (bicyclic) bond motifs is 3. The zero-order chi connectivity index (χ0) is 18.7. The highest BCUT2D eigenvalue weighted by Crippen LogP contribution is 2.47. The van der Waals surface area contributed by atoms with E-state index in [1.165, 1.54) is 12.0 Å². The number of nitrogens with zero attached hydrogens (tertiary/aromatic N) is 1. The minimum absolute atomic E-state index is 0.0226. The van der Waals surface area contributed by atoms with Crippen LogP contribution in [0.15, 0.2) is 48.5 Å². The van der Waals surface area contributed by atoms with E-state index in [9.17, 15) is 19.5 Å². The molecule has 6 nitrogen and oxygen atoms in total. The number of carbonyl (C=O) groups is 3. The minimum Gasteiger partial charge on any atom is -0.480 e. The first kappa shape index (κ1) is 17.7. The van der Waals surface area contributed by atoms with Crippen molar-refractivity contribution in [2.75, 3.05) is 7.11 Å². The maximum absolute atomic E-state index is 12.6. The number of carboxylic acid groups (broad SMARTS) is 1. The Labute approximate surface area is 151 Å². The molecule has 1 aliphatic rings. The van der Waals surface area contributed by atoms with Crippen molar-refractivity contribution in [1.29, 1.82) is 0 Å². The van der Waals surface area contributed by atoms with Gasteiger partial charge in [-0.1, -0.05) is 48.5 Å². The third-order valence-electron chi connectivity index (χ3n) is 4.64. The van der Waals surface area contributed by atoms with Crippen LogP contribution in [-0.2, 0) is 14.3 Å². The molecule has 0 fully saturated rings. The van der Waals surface area contributed by atoms with Gasteiger partial charge in [0.05, 0.1) is 13.2 Å². The number of carboxylic acids is 1. The lowest BCUT2D eigenvalue weighted by atomic mass is 10.00. The van der Waals surface area contributed by atoms with Gasteiger partial charge < -0.3 is 14.6 Å². The fourth-order valence-corrected chi connectivity index (χ4v) is 3.55. The molecule has 6 heteroatoms. The summed E-state index contributed by atoms with van der Waals surface area (Å²) in [6, 6.07) is 13.4. The zero-order valence-corrected chi connectivity index (χ0v) is 14.3. The van der Waals surface area contributed by atoms with Gasteiger partial charge in [-0.25, -0.2) is 9.59 Å². The van der Waals surface area contributed by atoms with Crippen LogP contribution < -0.4 is 0 Å². The number of amides is 1. The van der Waals surface area contributed by atoms with Crippen LogP contribution in [0.4, 0.5) is 4.79 Å². The summed E-state index contributed by atoms with van der Waals surface area (Å²) < 4.78 is 4.90. The van der Waals surface area contributed by atoms with Gasteiger partial charge in [0.15, 0.2) is 0 Å². The number of hydrogen-bond donors (Lipinski definition) is 1. The van der Waals surface area contributed by atoms with Crippen LogP contribution in [0.5, 0.6) is 0 Å². The smallest absolute Gasteiger partial charge is 0.411 e. The van der Waals surface area contributed by atoms with Crippen molar-refractivity contribution in [2.45, 2.75) is 24.9 Å². The van der Waals surface area contributed by atoms with Gasteiger partial charge in [0.2, 0.25) is 0 Å². The predicted molar refractivity (Wildman–Crippen MR) is 94.7 cm³/mol. The molecule has 1 amide bonds. The predicted octanol–water partition coefficient (Wildman–Crippen LogP) is 3.26. The molecule has 134 valence electrons. The Bertz CT molecular complexity index is 802. The van der Waals surface area contributed by atoms with Gasteiger partial charge in [-0.15, -0.1) is 0 Å². The molecule has 0 aromatic heterocycles. The summed E-state index contributed by atoms with van der Waals surface area (Å²) in [5.41, 5.74) is 3.61. The first-order valence-corrected chi connectivity index (χ1v) is 8.31. The van der Waals surface area contributed by atoms with Crippen molar-refractivity contribution >= 4 is 18.3 Å². The quantitative estimate of drug-likeness (QED) is 0.806. The lowest BCUT2D eigenvalue weighted by Gasteiger charge is -2.34. The van der Waals surface area contributed by atoms with Crippen molar-refractivity contribution in [1.82, 2.24) is 4.90 Å². The number of aldehydes is 1. The second-order valence-corrected chi connectivity index (χ2v) is 6.05. The van der Waals surface area contributed by atoms with E-state index in [1.807, 2.05) is 48.5 Å². The summed E-state index contributed by atoms with van der Waals surface area (Å²) in [5.74, 6) is -1.17. The van der Waals surface area contributed by atoms with Gasteiger partial charge in [-0.3, -0.25) is 4.90 Å². The van der Waals surface area contributed by atoms with E-state index in [1.54, 1.807) is 0 Å². The monoisotopic (exact) mass is 353 g/mol. The highest BCUT2D eigenvalue weighted by atomic mass is 16.5. The highest BCUT2D eigenvalue weighted by molar-refractivity contribution is 5.85. The molecule has 1 unspecified atom stereocenters. The van der Waals surface area contributed by atoms with Gasteiger partial charge in [0, 0.05) is 6.42 Å². The van der Waals surface area contributed by atoms with Gasteiger partial charge in [-0.2, -0.15) is 0 Å². The lowest BCUT2D eigenvalue weighted by Crippen LogP contribution is -2.47. The summed E-state index contributed by atoms with van der Waals surface area (Å²) in [4.78, 5) is 36.5. The Kier molecular flexibility index (Phi) is 5.02. The Balaban J connectivity index is 2.16. The number of aliphatic carboxylic acids is 1. The molecule has 0 heterocycles. The second-order valence-electron chi connectivity index (χ2n) is 6.05. The molecule has 0 radical (unpaired) electrons. The van der Waals surface area contributed by atoms with Crippen LogP contribution >= 0.6 is 0 Å². The second kappa shape index (κ2) is 7.39. The Morgan fingerprint density at radius 2 is 1.65 bits per heavy atom. The van der Waals surface area contributed by atoms with E-state index in [-0.39, 0.29) is 12.8 Å². The lowest BCUT2D eigenvalue weighted by molar-refractivity contribution is -0.143. The van der Waals surface area contributed by atoms with E-state index in [4.69, 9.17) is 4.74 Å². The third-order valence-corrected chi connectivity index (χ3v) is 4.64. The number of ether oxygens (including phenoxy) is 1. The SMILES string of the molecule is COC(=O)N(C(CCC=O)C(=O)O)C1c2ccccc2-c2ccccc21. The number of methoxy groups -OCH3 is 1. The Morgan fingerprint density at radius 3 is 2.12 bits per heavy atom. The largest absolute Gasteiger partial charge is 0.480 e. The van der Waals surface area contributed by atoms with Crippen molar-refractivity contribution in [3.63, 3.8) is 0 Å². The molecule has 0 spiro atoms. The van der Waals surface area contributed by atoms with Crippen LogP contribution in [0, 0.1) is 0 Å². The Morgan fingerprint density at radius 1 is 1.12 bits per heavy atom. The minimum atomic E-state index is -1.17. The molecule has 3 rings (SSSR count). The number of hydrogen-bond acceptors (Lipinski definition) is 4. The van der Waals surface area contributed by atoms with Gasteiger partial charge >= 0.3 is 12.1 Å². The van der Waals surface area contributed by atoms with Crippen molar-refractivity contribution in [2.24, 2.45) is 0 Å². The molecule has 0 aliphatic heterocycles. The van der Waals surface area contributed by atoms with Gasteiger partial charge in [-0.05, 0) is 28.7 Å². The van der Waals surface area contributed by atoms with Crippen LogP contribution in [0.25, 0.3) is 11.1 Å². The summed E-state index contributed by atoms with van der Waals surface area (Å²) in [6.45, 7) is 0. The number of rotatable bonds is 6. The van der Waals surface area contributed by atoms with E-state index in [0.29, 0.717) is 6.29 Å². The number of carbonyl (C=O) groups excluding carboxylic acids is 2. The summed E-state index contributed by atoms with van der Waals surface area (Å²) in [6.07, 6.45) is -0.0169. The average Bonchev–Trinajstić information content (AvgIpc) is 2.99. The molecular weight excluding hydrogens is 334 g/mol. The first-order chi connectivity index (χ1) is 12.6. The van der Waals surface area contributed by atoms with E-state index >= 15 is 0 Å². The summed E-state index contributed by atoms with van der Waals surface area (Å²) >= 11 is 0. The molecule has 1 N–H and O–H groups in total. The van der Waals surface area contributed by atoms with Crippen LogP contribution in [0.2, 0.25) is 0 Å². The van der Waals surface area contributed by atoms with Gasteiger partial charge in [0.25, 0.3) is 0 Å². The molecule has 1 atom stereocenters. The van der Waals surface area contributed by atoms with E-state index in [0.717, 1.165) is 22.3 Å². The van der Waals surface area contributed by atoms with Crippen molar-refractivity contribution < 1.29 is 24.2 Å². The molecule has 0 saturated heterocycles. The maximum Gasteiger partial charge on any atom is 0.411 e. The van der Waals surface area contributed by atoms with E-state index < -0.39 is 24.1 Å². The van der Waals surface area contributed by atoms with Crippen LogP contribution in [-0.4, -0.2) is 41.5 Å². The highest BCUT2D eigenvalue weighted by Gasteiger charge is 2.41. The molecule has 26 heavy (non-hydrogen) atoms. The standard InChI is InChI=1S/C20H19NO5/c1-26-20(25)21(17(19(23)24)11-6-12-22)18-15-9-4-2-7-13(15)14-8-3-5-10-16(14)18/h2-5,7-10,12,17-18H,6,11H2,1H3,(H,23,24). The normalized spacial score (nSPS) is 13.4. The van der Waals surface area contributed by atoms with Crippen molar-refractivity contribution in [3.05, 3.63) is 59.7 Å². The van der Waals surface area contributed by atoms with E-state index in [2.05, 4.69) is 0 Å².